The summed E-state index contributed by atoms with van der Waals surface area (Å²) in [5.74, 6) is 1.66. The molecule has 0 aliphatic carbocycles. The molecule has 0 radical (unpaired) electrons. The fourth-order valence-electron chi connectivity index (χ4n) is 1.89. The third-order valence-corrected chi connectivity index (χ3v) is 2.81. The molecule has 0 bridgehead atoms. The van der Waals surface area contributed by atoms with Crippen LogP contribution < -0.4 is 5.73 Å². The summed E-state index contributed by atoms with van der Waals surface area (Å²) in [6, 6.07) is 1.97. The van der Waals surface area contributed by atoms with Crippen LogP contribution in [0.1, 0.15) is 18.3 Å². The van der Waals surface area contributed by atoms with E-state index in [0.717, 1.165) is 35.0 Å². The largest absolute Gasteiger partial charge is 0.383 e. The SMILES string of the molecule is CCn1c(C)nc(-c2cnccc2C)c1N. The Morgan fingerprint density at radius 1 is 1.38 bits per heavy atom. The van der Waals surface area contributed by atoms with Crippen molar-refractivity contribution in [2.24, 2.45) is 0 Å². The number of aromatic nitrogens is 3. The molecule has 0 saturated heterocycles. The van der Waals surface area contributed by atoms with Crippen molar-refractivity contribution in [2.45, 2.75) is 27.3 Å². The van der Waals surface area contributed by atoms with E-state index in [4.69, 9.17) is 5.73 Å². The molecule has 0 saturated carbocycles. The van der Waals surface area contributed by atoms with Crippen LogP contribution in [-0.2, 0) is 6.54 Å². The highest BCUT2D eigenvalue weighted by Crippen LogP contribution is 2.27. The number of nitrogen functional groups attached to an aromatic ring is 1. The van der Waals surface area contributed by atoms with Gasteiger partial charge in [0.05, 0.1) is 0 Å². The van der Waals surface area contributed by atoms with Crippen molar-refractivity contribution < 1.29 is 0 Å². The third kappa shape index (κ3) is 1.56. The maximum atomic E-state index is 6.09. The summed E-state index contributed by atoms with van der Waals surface area (Å²) in [4.78, 5) is 8.63. The van der Waals surface area contributed by atoms with Gasteiger partial charge in [-0.05, 0) is 32.4 Å². The molecule has 16 heavy (non-hydrogen) atoms. The van der Waals surface area contributed by atoms with Crippen molar-refractivity contribution in [2.75, 3.05) is 5.73 Å². The molecule has 0 spiro atoms. The number of rotatable bonds is 2. The third-order valence-electron chi connectivity index (χ3n) is 2.81. The molecular weight excluding hydrogens is 200 g/mol. The van der Waals surface area contributed by atoms with Crippen molar-refractivity contribution in [1.82, 2.24) is 14.5 Å². The van der Waals surface area contributed by atoms with Crippen LogP contribution in [0.3, 0.4) is 0 Å². The van der Waals surface area contributed by atoms with Crippen LogP contribution in [0.4, 0.5) is 5.82 Å². The number of imidazole rings is 1. The van der Waals surface area contributed by atoms with Crippen LogP contribution in [0.25, 0.3) is 11.3 Å². The smallest absolute Gasteiger partial charge is 0.131 e. The molecule has 0 aromatic carbocycles. The highest BCUT2D eigenvalue weighted by molar-refractivity contribution is 5.72. The van der Waals surface area contributed by atoms with E-state index in [-0.39, 0.29) is 0 Å². The molecule has 0 aliphatic heterocycles. The second-order valence-electron chi connectivity index (χ2n) is 3.83. The van der Waals surface area contributed by atoms with Crippen LogP contribution >= 0.6 is 0 Å². The molecule has 0 amide bonds. The minimum absolute atomic E-state index is 0.719. The lowest BCUT2D eigenvalue weighted by molar-refractivity contribution is 0.739. The predicted molar refractivity (Wildman–Crippen MR) is 65.0 cm³/mol. The maximum Gasteiger partial charge on any atom is 0.131 e. The molecule has 4 heteroatoms. The van der Waals surface area contributed by atoms with Gasteiger partial charge in [-0.25, -0.2) is 4.98 Å². The van der Waals surface area contributed by atoms with E-state index in [1.807, 2.05) is 30.7 Å². The Labute approximate surface area is 95.1 Å². The molecule has 4 nitrogen and oxygen atoms in total. The van der Waals surface area contributed by atoms with E-state index in [2.05, 4.69) is 16.9 Å². The van der Waals surface area contributed by atoms with Gasteiger partial charge in [0, 0.05) is 24.5 Å². The molecule has 2 rings (SSSR count). The quantitative estimate of drug-likeness (QED) is 0.837. The van der Waals surface area contributed by atoms with Gasteiger partial charge in [0.1, 0.15) is 17.3 Å². The molecule has 0 unspecified atom stereocenters. The zero-order valence-corrected chi connectivity index (χ0v) is 9.86. The number of hydrogen-bond acceptors (Lipinski definition) is 3. The van der Waals surface area contributed by atoms with Gasteiger partial charge < -0.3 is 10.3 Å². The first-order valence-electron chi connectivity index (χ1n) is 5.38. The van der Waals surface area contributed by atoms with Gasteiger partial charge in [-0.3, -0.25) is 4.98 Å². The Kier molecular flexibility index (Phi) is 2.64. The Bertz CT molecular complexity index is 514. The van der Waals surface area contributed by atoms with Crippen LogP contribution in [0.2, 0.25) is 0 Å². The number of anilines is 1. The molecular formula is C12H16N4. The first kappa shape index (κ1) is 10.7. The van der Waals surface area contributed by atoms with Crippen LogP contribution in [0, 0.1) is 13.8 Å². The van der Waals surface area contributed by atoms with Crippen LogP contribution in [-0.4, -0.2) is 14.5 Å². The molecule has 0 atom stereocenters. The lowest BCUT2D eigenvalue weighted by Crippen LogP contribution is -2.02. The number of aryl methyl sites for hydroxylation is 2. The van der Waals surface area contributed by atoms with Gasteiger partial charge in [-0.1, -0.05) is 0 Å². The molecule has 2 aromatic rings. The number of hydrogen-bond donors (Lipinski definition) is 1. The summed E-state index contributed by atoms with van der Waals surface area (Å²) in [6.45, 7) is 6.90. The van der Waals surface area contributed by atoms with Crippen molar-refractivity contribution in [3.8, 4) is 11.3 Å². The zero-order valence-electron chi connectivity index (χ0n) is 9.86. The Balaban J connectivity index is 2.62. The average molecular weight is 216 g/mol. The Morgan fingerprint density at radius 3 is 2.69 bits per heavy atom. The molecule has 0 aliphatic rings. The van der Waals surface area contributed by atoms with Gasteiger partial charge in [0.15, 0.2) is 0 Å². The topological polar surface area (TPSA) is 56.7 Å². The summed E-state index contributed by atoms with van der Waals surface area (Å²) < 4.78 is 2.00. The van der Waals surface area contributed by atoms with Crippen LogP contribution in [0.5, 0.6) is 0 Å². The van der Waals surface area contributed by atoms with E-state index in [0.29, 0.717) is 0 Å². The number of nitrogens with two attached hydrogens (primary N) is 1. The van der Waals surface area contributed by atoms with Crippen molar-refractivity contribution in [3.63, 3.8) is 0 Å². The van der Waals surface area contributed by atoms with Gasteiger partial charge >= 0.3 is 0 Å². The van der Waals surface area contributed by atoms with Crippen molar-refractivity contribution in [1.29, 1.82) is 0 Å². The van der Waals surface area contributed by atoms with Gasteiger partial charge in [-0.15, -0.1) is 0 Å². The lowest BCUT2D eigenvalue weighted by atomic mass is 10.1. The highest BCUT2D eigenvalue weighted by atomic mass is 15.1. The summed E-state index contributed by atoms with van der Waals surface area (Å²) in [6.07, 6.45) is 3.59. The van der Waals surface area contributed by atoms with E-state index in [1.54, 1.807) is 6.20 Å². The Morgan fingerprint density at radius 2 is 2.12 bits per heavy atom. The first-order chi connectivity index (χ1) is 7.65. The molecule has 84 valence electrons. The van der Waals surface area contributed by atoms with E-state index < -0.39 is 0 Å². The summed E-state index contributed by atoms with van der Waals surface area (Å²) in [5, 5.41) is 0. The predicted octanol–water partition coefficient (Wildman–Crippen LogP) is 2.16. The van der Waals surface area contributed by atoms with Gasteiger partial charge in [0.2, 0.25) is 0 Å². The maximum absolute atomic E-state index is 6.09. The average Bonchev–Trinajstić information content (AvgIpc) is 2.55. The zero-order chi connectivity index (χ0) is 11.7. The summed E-state index contributed by atoms with van der Waals surface area (Å²) >= 11 is 0. The molecule has 0 fully saturated rings. The number of pyridine rings is 1. The lowest BCUT2D eigenvalue weighted by Gasteiger charge is -2.04. The standard InChI is InChI=1S/C12H16N4/c1-4-16-9(3)15-11(12(16)13)10-7-14-6-5-8(10)2/h5-7H,4,13H2,1-3H3. The normalized spacial score (nSPS) is 10.7. The second-order valence-corrected chi connectivity index (χ2v) is 3.83. The first-order valence-corrected chi connectivity index (χ1v) is 5.38. The van der Waals surface area contributed by atoms with Gasteiger partial charge in [-0.2, -0.15) is 0 Å². The second kappa shape index (κ2) is 3.96. The van der Waals surface area contributed by atoms with Crippen molar-refractivity contribution >= 4 is 5.82 Å². The number of nitrogens with zero attached hydrogens (tertiary/aromatic N) is 3. The highest BCUT2D eigenvalue weighted by Gasteiger charge is 2.13. The molecule has 2 heterocycles. The summed E-state index contributed by atoms with van der Waals surface area (Å²) in [7, 11) is 0. The van der Waals surface area contributed by atoms with Gasteiger partial charge in [0.25, 0.3) is 0 Å². The fraction of sp³-hybridized carbons (Fsp3) is 0.333. The Hall–Kier alpha value is -1.84. The minimum atomic E-state index is 0.719. The van der Waals surface area contributed by atoms with Crippen molar-refractivity contribution in [3.05, 3.63) is 29.8 Å². The van der Waals surface area contributed by atoms with E-state index in [9.17, 15) is 0 Å². The van der Waals surface area contributed by atoms with Crippen LogP contribution in [0.15, 0.2) is 18.5 Å². The monoisotopic (exact) mass is 216 g/mol. The molecule has 2 aromatic heterocycles. The summed E-state index contributed by atoms with van der Waals surface area (Å²) in [5.41, 5.74) is 9.08. The molecule has 2 N–H and O–H groups in total. The van der Waals surface area contributed by atoms with E-state index >= 15 is 0 Å². The fourth-order valence-corrected chi connectivity index (χ4v) is 1.89. The van der Waals surface area contributed by atoms with E-state index in [1.165, 1.54) is 0 Å². The minimum Gasteiger partial charge on any atom is -0.383 e.